The number of hydrogen-bond donors (Lipinski definition) is 1. The van der Waals surface area contributed by atoms with Crippen LogP contribution in [0.3, 0.4) is 0 Å². The molecular weight excluding hydrogens is 256 g/mol. The Labute approximate surface area is 119 Å². The molecule has 1 heterocycles. The number of nitrogens with zero attached hydrogens (tertiary/aromatic N) is 3. The lowest BCUT2D eigenvalue weighted by Crippen LogP contribution is -2.26. The van der Waals surface area contributed by atoms with E-state index in [1.165, 1.54) is 12.8 Å². The Balaban J connectivity index is 1.77. The minimum Gasteiger partial charge on any atom is -0.356 e. The van der Waals surface area contributed by atoms with Crippen LogP contribution >= 0.6 is 0 Å². The molecule has 1 aromatic rings. The van der Waals surface area contributed by atoms with E-state index in [9.17, 15) is 4.79 Å². The summed E-state index contributed by atoms with van der Waals surface area (Å²) in [5, 5.41) is 6.73. The highest BCUT2D eigenvalue weighted by molar-refractivity contribution is 5.77. The van der Waals surface area contributed by atoms with Crippen LogP contribution in [0.4, 0.5) is 0 Å². The summed E-state index contributed by atoms with van der Waals surface area (Å²) < 4.78 is 5.22. The third kappa shape index (κ3) is 4.59. The van der Waals surface area contributed by atoms with E-state index in [0.717, 1.165) is 19.4 Å². The van der Waals surface area contributed by atoms with Crippen LogP contribution in [0.5, 0.6) is 0 Å². The van der Waals surface area contributed by atoms with Gasteiger partial charge >= 0.3 is 0 Å². The Hall–Kier alpha value is -1.43. The summed E-state index contributed by atoms with van der Waals surface area (Å²) in [7, 11) is 0. The molecule has 0 spiro atoms. The van der Waals surface area contributed by atoms with E-state index < -0.39 is 0 Å². The van der Waals surface area contributed by atoms with Crippen molar-refractivity contribution in [1.29, 1.82) is 0 Å². The monoisotopic (exact) mass is 280 g/mol. The van der Waals surface area contributed by atoms with Gasteiger partial charge in [0, 0.05) is 12.6 Å². The summed E-state index contributed by atoms with van der Waals surface area (Å²) in [4.78, 5) is 18.3. The molecule has 0 atom stereocenters. The number of carbonyl (C=O) groups excluding carboxylic acids is 1. The van der Waals surface area contributed by atoms with Crippen LogP contribution in [0.25, 0.3) is 0 Å². The number of rotatable bonds is 9. The Bertz CT molecular complexity index is 429. The number of amides is 1. The molecule has 1 aliphatic rings. The van der Waals surface area contributed by atoms with E-state index in [1.54, 1.807) is 0 Å². The fourth-order valence-corrected chi connectivity index (χ4v) is 2.15. The number of hydrogen-bond acceptors (Lipinski definition) is 5. The van der Waals surface area contributed by atoms with Crippen molar-refractivity contribution in [2.45, 2.75) is 58.5 Å². The summed E-state index contributed by atoms with van der Waals surface area (Å²) in [5.41, 5.74) is 0. The van der Waals surface area contributed by atoms with Crippen molar-refractivity contribution in [2.75, 3.05) is 13.1 Å². The zero-order valence-corrected chi connectivity index (χ0v) is 12.4. The van der Waals surface area contributed by atoms with Gasteiger partial charge in [-0.25, -0.2) is 0 Å². The zero-order valence-electron chi connectivity index (χ0n) is 12.4. The van der Waals surface area contributed by atoms with Crippen LogP contribution in [0, 0.1) is 0 Å². The van der Waals surface area contributed by atoms with E-state index in [4.69, 9.17) is 4.52 Å². The molecule has 0 aliphatic heterocycles. The Kier molecular flexibility index (Phi) is 5.52. The van der Waals surface area contributed by atoms with E-state index in [-0.39, 0.29) is 12.3 Å². The molecule has 0 aromatic carbocycles. The van der Waals surface area contributed by atoms with Gasteiger partial charge in [0.1, 0.15) is 0 Å². The average Bonchev–Trinajstić information content (AvgIpc) is 3.18. The molecule has 112 valence electrons. The minimum absolute atomic E-state index is 0.0414. The van der Waals surface area contributed by atoms with E-state index in [1.807, 2.05) is 0 Å². The zero-order chi connectivity index (χ0) is 14.4. The first kappa shape index (κ1) is 15.0. The van der Waals surface area contributed by atoms with Crippen LogP contribution in [0.2, 0.25) is 0 Å². The molecule has 1 saturated carbocycles. The normalized spacial score (nSPS) is 14.8. The molecule has 2 rings (SSSR count). The topological polar surface area (TPSA) is 71.3 Å². The van der Waals surface area contributed by atoms with Crippen molar-refractivity contribution in [2.24, 2.45) is 0 Å². The van der Waals surface area contributed by atoms with Crippen molar-refractivity contribution in [1.82, 2.24) is 20.4 Å². The van der Waals surface area contributed by atoms with Gasteiger partial charge in [0.2, 0.25) is 11.8 Å². The smallest absolute Gasteiger partial charge is 0.240 e. The van der Waals surface area contributed by atoms with Gasteiger partial charge in [-0.3, -0.25) is 9.69 Å². The predicted molar refractivity (Wildman–Crippen MR) is 75.0 cm³/mol. The van der Waals surface area contributed by atoms with Crippen LogP contribution in [-0.4, -0.2) is 40.1 Å². The van der Waals surface area contributed by atoms with Crippen LogP contribution in [0.1, 0.15) is 51.2 Å². The average molecular weight is 280 g/mol. The van der Waals surface area contributed by atoms with Gasteiger partial charge in [-0.15, -0.1) is 0 Å². The van der Waals surface area contributed by atoms with Crippen molar-refractivity contribution in [3.63, 3.8) is 0 Å². The molecule has 1 fully saturated rings. The first-order chi connectivity index (χ1) is 9.72. The largest absolute Gasteiger partial charge is 0.356 e. The van der Waals surface area contributed by atoms with Crippen LogP contribution in [0.15, 0.2) is 4.52 Å². The molecule has 6 heteroatoms. The van der Waals surface area contributed by atoms with Crippen molar-refractivity contribution in [3.05, 3.63) is 11.7 Å². The fraction of sp³-hybridized carbons (Fsp3) is 0.786. The van der Waals surface area contributed by atoms with Gasteiger partial charge in [0.15, 0.2) is 5.82 Å². The fourth-order valence-electron chi connectivity index (χ4n) is 2.15. The highest BCUT2D eigenvalue weighted by Crippen LogP contribution is 2.27. The highest BCUT2D eigenvalue weighted by atomic mass is 16.5. The number of aromatic nitrogens is 2. The summed E-state index contributed by atoms with van der Waals surface area (Å²) in [5.74, 6) is 1.04. The molecule has 0 unspecified atom stereocenters. The second kappa shape index (κ2) is 7.38. The Morgan fingerprint density at radius 2 is 2.25 bits per heavy atom. The quantitative estimate of drug-likeness (QED) is 0.694. The number of unbranched alkanes of at least 4 members (excludes halogenated alkanes) is 1. The molecule has 1 aliphatic carbocycles. The predicted octanol–water partition coefficient (Wildman–Crippen LogP) is 1.51. The minimum atomic E-state index is -0.0414. The standard InChI is InChI=1S/C14H24N4O2/c1-3-5-8-15-13(19)9-12-16-14(20-17-12)10-18(4-2)11-6-7-11/h11H,3-10H2,1-2H3,(H,15,19). The third-order valence-corrected chi connectivity index (χ3v) is 3.49. The summed E-state index contributed by atoms with van der Waals surface area (Å²) in [6.07, 6.45) is 4.78. The molecule has 1 N–H and O–H groups in total. The molecule has 1 amide bonds. The van der Waals surface area contributed by atoms with Crippen molar-refractivity contribution >= 4 is 5.91 Å². The van der Waals surface area contributed by atoms with Gasteiger partial charge in [0.05, 0.1) is 13.0 Å². The summed E-state index contributed by atoms with van der Waals surface area (Å²) in [6, 6.07) is 0.674. The second-order valence-corrected chi connectivity index (χ2v) is 5.28. The lowest BCUT2D eigenvalue weighted by Gasteiger charge is -2.16. The van der Waals surface area contributed by atoms with E-state index in [0.29, 0.717) is 30.8 Å². The first-order valence-corrected chi connectivity index (χ1v) is 7.55. The molecule has 0 radical (unpaired) electrons. The van der Waals surface area contributed by atoms with Gasteiger partial charge in [0.25, 0.3) is 0 Å². The molecule has 1 aromatic heterocycles. The van der Waals surface area contributed by atoms with Gasteiger partial charge in [-0.1, -0.05) is 25.4 Å². The third-order valence-electron chi connectivity index (χ3n) is 3.49. The molecule has 0 bridgehead atoms. The maximum atomic E-state index is 11.6. The number of nitrogens with one attached hydrogen (secondary N) is 1. The first-order valence-electron chi connectivity index (χ1n) is 7.55. The van der Waals surface area contributed by atoms with E-state index in [2.05, 4.69) is 34.2 Å². The number of carbonyl (C=O) groups is 1. The summed E-state index contributed by atoms with van der Waals surface area (Å²) >= 11 is 0. The Morgan fingerprint density at radius 3 is 2.90 bits per heavy atom. The summed E-state index contributed by atoms with van der Waals surface area (Å²) in [6.45, 7) is 6.62. The lowest BCUT2D eigenvalue weighted by molar-refractivity contribution is -0.120. The lowest BCUT2D eigenvalue weighted by atomic mass is 10.3. The molecule has 20 heavy (non-hydrogen) atoms. The molecular formula is C14H24N4O2. The van der Waals surface area contributed by atoms with Crippen LogP contribution in [-0.2, 0) is 17.8 Å². The van der Waals surface area contributed by atoms with Crippen LogP contribution < -0.4 is 5.32 Å². The molecule has 0 saturated heterocycles. The Morgan fingerprint density at radius 1 is 1.45 bits per heavy atom. The highest BCUT2D eigenvalue weighted by Gasteiger charge is 2.29. The van der Waals surface area contributed by atoms with Gasteiger partial charge in [-0.05, 0) is 25.8 Å². The SMILES string of the molecule is CCCCNC(=O)Cc1noc(CN(CC)C2CC2)n1. The van der Waals surface area contributed by atoms with Gasteiger partial charge < -0.3 is 9.84 Å². The van der Waals surface area contributed by atoms with Crippen molar-refractivity contribution < 1.29 is 9.32 Å². The van der Waals surface area contributed by atoms with Crippen molar-refractivity contribution in [3.8, 4) is 0 Å². The molecule has 6 nitrogen and oxygen atoms in total. The van der Waals surface area contributed by atoms with E-state index >= 15 is 0 Å². The van der Waals surface area contributed by atoms with Gasteiger partial charge in [-0.2, -0.15) is 4.98 Å². The second-order valence-electron chi connectivity index (χ2n) is 5.28. The maximum Gasteiger partial charge on any atom is 0.240 e. The maximum absolute atomic E-state index is 11.6.